The molecular weight excluding hydrogens is 204 g/mol. The van der Waals surface area contributed by atoms with E-state index >= 15 is 0 Å². The zero-order chi connectivity index (χ0) is 10.5. The van der Waals surface area contributed by atoms with E-state index in [4.69, 9.17) is 4.43 Å². The van der Waals surface area contributed by atoms with Crippen molar-refractivity contribution in [1.82, 2.24) is 0 Å². The summed E-state index contributed by atoms with van der Waals surface area (Å²) in [4.78, 5) is 9.89. The lowest BCUT2D eigenvalue weighted by atomic mass is 10.3. The molecule has 0 heterocycles. The summed E-state index contributed by atoms with van der Waals surface area (Å²) < 4.78 is 5.49. The van der Waals surface area contributed by atoms with Gasteiger partial charge in [-0.2, -0.15) is 0 Å². The van der Waals surface area contributed by atoms with Gasteiger partial charge in [0.25, 0.3) is 0 Å². The lowest BCUT2D eigenvalue weighted by Crippen LogP contribution is -2.36. The number of para-hydroxylation sites is 1. The third-order valence-electron chi connectivity index (χ3n) is 2.08. The molecule has 3 heteroatoms. The van der Waals surface area contributed by atoms with Crippen molar-refractivity contribution in [2.75, 3.05) is 0 Å². The third-order valence-corrected chi connectivity index (χ3v) is 3.53. The molecule has 0 saturated carbocycles. The van der Waals surface area contributed by atoms with Crippen molar-refractivity contribution in [3.05, 3.63) is 60.7 Å². The summed E-state index contributed by atoms with van der Waals surface area (Å²) in [6.07, 6.45) is 0. The number of hydrogen-bond donors (Lipinski definition) is 1. The second-order valence-electron chi connectivity index (χ2n) is 3.19. The molecule has 2 aromatic carbocycles. The second-order valence-corrected chi connectivity index (χ2v) is 4.80. The predicted octanol–water partition coefficient (Wildman–Crippen LogP) is 1.19. The number of benzene rings is 2. The monoisotopic (exact) mass is 216 g/mol. The Balaban J connectivity index is 2.08. The van der Waals surface area contributed by atoms with E-state index in [0.717, 1.165) is 10.9 Å². The maximum atomic E-state index is 9.89. The first-order valence-corrected chi connectivity index (χ1v) is 6.37. The van der Waals surface area contributed by atoms with Crippen molar-refractivity contribution >= 4 is 14.5 Å². The van der Waals surface area contributed by atoms with E-state index < -0.39 is 9.28 Å². The van der Waals surface area contributed by atoms with E-state index in [1.807, 2.05) is 60.7 Å². The molecule has 76 valence electrons. The van der Waals surface area contributed by atoms with Crippen LogP contribution in [0.25, 0.3) is 0 Å². The van der Waals surface area contributed by atoms with E-state index in [2.05, 4.69) is 0 Å². The molecule has 0 aliphatic rings. The van der Waals surface area contributed by atoms with Gasteiger partial charge < -0.3 is 9.22 Å². The van der Waals surface area contributed by atoms with Gasteiger partial charge in [-0.05, 0) is 12.1 Å². The van der Waals surface area contributed by atoms with Crippen LogP contribution in [0.2, 0.25) is 0 Å². The molecule has 2 rings (SSSR count). The van der Waals surface area contributed by atoms with Gasteiger partial charge in [-0.3, -0.25) is 0 Å². The third kappa shape index (κ3) is 2.68. The average molecular weight is 216 g/mol. The molecule has 0 fully saturated rings. The van der Waals surface area contributed by atoms with Gasteiger partial charge in [-0.1, -0.05) is 48.5 Å². The molecule has 0 spiro atoms. The van der Waals surface area contributed by atoms with Gasteiger partial charge >= 0.3 is 9.28 Å². The molecule has 0 bridgehead atoms. The van der Waals surface area contributed by atoms with Crippen molar-refractivity contribution in [1.29, 1.82) is 0 Å². The lowest BCUT2D eigenvalue weighted by molar-refractivity contribution is 0.432. The molecule has 1 atom stereocenters. The molecule has 0 aliphatic carbocycles. The van der Waals surface area contributed by atoms with Gasteiger partial charge in [0, 0.05) is 5.19 Å². The molecule has 1 N–H and O–H groups in total. The fraction of sp³-hybridized carbons (Fsp3) is 0. The Kier molecular flexibility index (Phi) is 3.17. The molecule has 0 radical (unpaired) electrons. The minimum absolute atomic E-state index is 0.723. The minimum atomic E-state index is -2.29. The molecular formula is C12H12O2Si. The van der Waals surface area contributed by atoms with Gasteiger partial charge in [-0.15, -0.1) is 0 Å². The summed E-state index contributed by atoms with van der Waals surface area (Å²) in [7, 11) is -2.29. The highest BCUT2D eigenvalue weighted by atomic mass is 28.3. The Bertz CT molecular complexity index is 402. The van der Waals surface area contributed by atoms with Crippen LogP contribution in [0.3, 0.4) is 0 Å². The topological polar surface area (TPSA) is 29.5 Å². The summed E-state index contributed by atoms with van der Waals surface area (Å²) in [6.45, 7) is 0. The summed E-state index contributed by atoms with van der Waals surface area (Å²) >= 11 is 0. The van der Waals surface area contributed by atoms with E-state index in [-0.39, 0.29) is 0 Å². The van der Waals surface area contributed by atoms with Crippen LogP contribution in [0.5, 0.6) is 5.75 Å². The first-order valence-electron chi connectivity index (χ1n) is 4.81. The van der Waals surface area contributed by atoms with Crippen LogP contribution in [-0.4, -0.2) is 14.1 Å². The molecule has 1 unspecified atom stereocenters. The summed E-state index contributed by atoms with van der Waals surface area (Å²) in [5, 5.41) is 0.890. The van der Waals surface area contributed by atoms with Gasteiger partial charge in [0.1, 0.15) is 5.75 Å². The molecule has 0 saturated heterocycles. The summed E-state index contributed by atoms with van der Waals surface area (Å²) in [5.74, 6) is 0.723. The largest absolute Gasteiger partial charge is 0.519 e. The Morgan fingerprint density at radius 2 is 1.33 bits per heavy atom. The fourth-order valence-corrected chi connectivity index (χ4v) is 2.42. The van der Waals surface area contributed by atoms with E-state index in [0.29, 0.717) is 0 Å². The summed E-state index contributed by atoms with van der Waals surface area (Å²) in [5.41, 5.74) is 0. The Labute approximate surface area is 90.6 Å². The minimum Gasteiger partial charge on any atom is -0.519 e. The van der Waals surface area contributed by atoms with Crippen LogP contribution in [0, 0.1) is 0 Å². The van der Waals surface area contributed by atoms with E-state index in [1.165, 1.54) is 0 Å². The van der Waals surface area contributed by atoms with Gasteiger partial charge in [-0.25, -0.2) is 0 Å². The highest BCUT2D eigenvalue weighted by Gasteiger charge is 2.12. The zero-order valence-electron chi connectivity index (χ0n) is 8.21. The second kappa shape index (κ2) is 4.77. The fourth-order valence-electron chi connectivity index (χ4n) is 1.31. The number of rotatable bonds is 3. The van der Waals surface area contributed by atoms with Crippen molar-refractivity contribution in [3.8, 4) is 5.75 Å². The van der Waals surface area contributed by atoms with Crippen LogP contribution in [0.15, 0.2) is 60.7 Å². The van der Waals surface area contributed by atoms with E-state index in [9.17, 15) is 4.80 Å². The predicted molar refractivity (Wildman–Crippen MR) is 62.5 cm³/mol. The highest BCUT2D eigenvalue weighted by Crippen LogP contribution is 2.08. The van der Waals surface area contributed by atoms with Crippen LogP contribution < -0.4 is 9.61 Å². The van der Waals surface area contributed by atoms with Crippen molar-refractivity contribution < 1.29 is 9.22 Å². The smallest absolute Gasteiger partial charge is 0.414 e. The molecule has 15 heavy (non-hydrogen) atoms. The standard InChI is InChI=1S/C12H12O2Si/c13-15(12-9-5-2-6-10-12)14-11-7-3-1-4-8-11/h1-10,13,15H. The Hall–Kier alpha value is -1.58. The zero-order valence-corrected chi connectivity index (χ0v) is 9.36. The SMILES string of the molecule is O[SiH](Oc1ccccc1)c1ccccc1. The molecule has 0 aliphatic heterocycles. The van der Waals surface area contributed by atoms with Gasteiger partial charge in [0.15, 0.2) is 0 Å². The van der Waals surface area contributed by atoms with Gasteiger partial charge in [0.05, 0.1) is 0 Å². The quantitative estimate of drug-likeness (QED) is 0.781. The first-order chi connectivity index (χ1) is 7.36. The van der Waals surface area contributed by atoms with E-state index in [1.54, 1.807) is 0 Å². The molecule has 2 nitrogen and oxygen atoms in total. The van der Waals surface area contributed by atoms with Crippen LogP contribution in [0.4, 0.5) is 0 Å². The van der Waals surface area contributed by atoms with Crippen LogP contribution >= 0.6 is 0 Å². The lowest BCUT2D eigenvalue weighted by Gasteiger charge is -2.11. The summed E-state index contributed by atoms with van der Waals surface area (Å²) in [6, 6.07) is 18.9. The molecule has 0 aromatic heterocycles. The van der Waals surface area contributed by atoms with Gasteiger partial charge in [0.2, 0.25) is 0 Å². The normalized spacial score (nSPS) is 12.1. The van der Waals surface area contributed by atoms with Crippen LogP contribution in [0.1, 0.15) is 0 Å². The van der Waals surface area contributed by atoms with Crippen molar-refractivity contribution in [2.45, 2.75) is 0 Å². The molecule has 2 aromatic rings. The highest BCUT2D eigenvalue weighted by molar-refractivity contribution is 6.60. The number of hydrogen-bond acceptors (Lipinski definition) is 2. The molecule has 0 amide bonds. The van der Waals surface area contributed by atoms with Crippen molar-refractivity contribution in [3.63, 3.8) is 0 Å². The maximum Gasteiger partial charge on any atom is 0.414 e. The maximum absolute atomic E-state index is 9.89. The van der Waals surface area contributed by atoms with Crippen LogP contribution in [-0.2, 0) is 0 Å². The van der Waals surface area contributed by atoms with Crippen molar-refractivity contribution in [2.24, 2.45) is 0 Å². The Morgan fingerprint density at radius 1 is 0.800 bits per heavy atom. The average Bonchev–Trinajstić information content (AvgIpc) is 2.31. The first kappa shape index (κ1) is 9.95. The Morgan fingerprint density at radius 3 is 1.93 bits per heavy atom.